The van der Waals surface area contributed by atoms with E-state index in [2.05, 4.69) is 10.8 Å². The second-order valence-electron chi connectivity index (χ2n) is 3.84. The maximum absolute atomic E-state index is 12.1. The summed E-state index contributed by atoms with van der Waals surface area (Å²) in [7, 11) is -3.59. The lowest BCUT2D eigenvalue weighted by molar-refractivity contribution is 0.603. The molecule has 2 aromatic heterocycles. The van der Waals surface area contributed by atoms with Gasteiger partial charge in [0, 0.05) is 4.88 Å². The van der Waals surface area contributed by atoms with Crippen LogP contribution in [0, 0.1) is 18.3 Å². The van der Waals surface area contributed by atoms with E-state index in [0.717, 1.165) is 21.8 Å². The second-order valence-corrected chi connectivity index (χ2v) is 7.93. The molecule has 0 spiro atoms. The number of thiophene rings is 2. The maximum Gasteiger partial charge on any atom is 0.272 e. The van der Waals surface area contributed by atoms with Crippen LogP contribution in [0.25, 0.3) is 0 Å². The zero-order chi connectivity index (χ0) is 14.0. The predicted octanol–water partition coefficient (Wildman–Crippen LogP) is 3.35. The molecule has 0 saturated heterocycles. The summed E-state index contributed by atoms with van der Waals surface area (Å²) in [5, 5.41) is 11.3. The molecule has 0 aromatic carbocycles. The average molecular weight is 312 g/mol. The number of rotatable bonds is 4. The molecule has 0 unspecified atom stereocenters. The fourth-order valence-electron chi connectivity index (χ4n) is 1.78. The Bertz CT molecular complexity index is 722. The summed E-state index contributed by atoms with van der Waals surface area (Å²) in [6, 6.07) is 5.31. The normalized spacial score (nSPS) is 11.2. The summed E-state index contributed by atoms with van der Waals surface area (Å²) in [4.78, 5) is 0.975. The quantitative estimate of drug-likeness (QED) is 0.941. The van der Waals surface area contributed by atoms with Crippen LogP contribution in [0.2, 0.25) is 0 Å². The highest BCUT2D eigenvalue weighted by atomic mass is 32.2. The van der Waals surface area contributed by atoms with Crippen LogP contribution in [0.5, 0.6) is 0 Å². The first-order valence-corrected chi connectivity index (χ1v) is 8.76. The van der Waals surface area contributed by atoms with Crippen molar-refractivity contribution in [3.05, 3.63) is 33.5 Å². The Morgan fingerprint density at radius 2 is 2.21 bits per heavy atom. The van der Waals surface area contributed by atoms with E-state index in [-0.39, 0.29) is 4.21 Å². The van der Waals surface area contributed by atoms with E-state index in [9.17, 15) is 13.7 Å². The molecule has 0 bridgehead atoms. The summed E-state index contributed by atoms with van der Waals surface area (Å²) >= 11 is 2.46. The van der Waals surface area contributed by atoms with Crippen LogP contribution in [0.3, 0.4) is 0 Å². The lowest BCUT2D eigenvalue weighted by atomic mass is 10.1. The highest BCUT2D eigenvalue weighted by Gasteiger charge is 2.21. The first-order valence-electron chi connectivity index (χ1n) is 5.58. The molecule has 100 valence electrons. The molecular formula is C12H12N2O2S3. The molecule has 1 N–H and O–H groups in total. The lowest BCUT2D eigenvalue weighted by Crippen LogP contribution is -2.11. The average Bonchev–Trinajstić information content (AvgIpc) is 2.96. The smallest absolute Gasteiger partial charge is 0.269 e. The number of anilines is 1. The number of nitrogens with zero attached hydrogens (tertiary/aromatic N) is 1. The van der Waals surface area contributed by atoms with Crippen LogP contribution >= 0.6 is 22.7 Å². The Kier molecular flexibility index (Phi) is 3.94. The molecule has 0 fully saturated rings. The molecule has 2 rings (SSSR count). The van der Waals surface area contributed by atoms with Crippen molar-refractivity contribution in [2.75, 3.05) is 4.72 Å². The van der Waals surface area contributed by atoms with Crippen molar-refractivity contribution >= 4 is 37.7 Å². The van der Waals surface area contributed by atoms with Crippen molar-refractivity contribution < 1.29 is 8.42 Å². The summed E-state index contributed by atoms with van der Waals surface area (Å²) in [5.74, 6) is 0. The Balaban J connectivity index is 2.43. The van der Waals surface area contributed by atoms with Crippen molar-refractivity contribution in [3.63, 3.8) is 0 Å². The molecule has 4 nitrogen and oxygen atoms in total. The minimum Gasteiger partial charge on any atom is -0.269 e. The fourth-order valence-corrected chi connectivity index (χ4v) is 5.18. The van der Waals surface area contributed by atoms with E-state index in [1.807, 2.05) is 13.8 Å². The minimum atomic E-state index is -3.59. The van der Waals surface area contributed by atoms with Gasteiger partial charge in [-0.25, -0.2) is 8.42 Å². The van der Waals surface area contributed by atoms with Crippen LogP contribution in [0.1, 0.15) is 22.9 Å². The molecule has 0 saturated carbocycles. The number of aryl methyl sites for hydroxylation is 1. The predicted molar refractivity (Wildman–Crippen MR) is 78.3 cm³/mol. The van der Waals surface area contributed by atoms with Gasteiger partial charge in [0.2, 0.25) is 0 Å². The SMILES string of the molecule is CCc1c(C)sc(NS(=O)(=O)c2cccs2)c1C#N. The first-order chi connectivity index (χ1) is 8.99. The van der Waals surface area contributed by atoms with E-state index in [0.29, 0.717) is 17.0 Å². The third-order valence-electron chi connectivity index (χ3n) is 2.66. The molecule has 2 aromatic rings. The minimum absolute atomic E-state index is 0.250. The zero-order valence-electron chi connectivity index (χ0n) is 10.4. The summed E-state index contributed by atoms with van der Waals surface area (Å²) < 4.78 is 27.0. The van der Waals surface area contributed by atoms with Gasteiger partial charge in [-0.15, -0.1) is 22.7 Å². The van der Waals surface area contributed by atoms with Crippen molar-refractivity contribution in [1.29, 1.82) is 5.26 Å². The standard InChI is InChI=1S/C12H12N2O2S3/c1-3-9-8(2)18-12(10(9)7-13)14-19(15,16)11-5-4-6-17-11/h4-6,14H,3H2,1-2H3. The highest BCUT2D eigenvalue weighted by Crippen LogP contribution is 2.34. The van der Waals surface area contributed by atoms with Gasteiger partial charge in [-0.05, 0) is 30.4 Å². The van der Waals surface area contributed by atoms with Crippen LogP contribution < -0.4 is 4.72 Å². The van der Waals surface area contributed by atoms with Crippen molar-refractivity contribution in [2.24, 2.45) is 0 Å². The molecule has 0 aliphatic rings. The Morgan fingerprint density at radius 1 is 1.47 bits per heavy atom. The van der Waals surface area contributed by atoms with Crippen molar-refractivity contribution in [3.8, 4) is 6.07 Å². The maximum atomic E-state index is 12.1. The van der Waals surface area contributed by atoms with Gasteiger partial charge in [0.05, 0.1) is 5.56 Å². The number of nitriles is 1. The van der Waals surface area contributed by atoms with Gasteiger partial charge < -0.3 is 0 Å². The van der Waals surface area contributed by atoms with Crippen molar-refractivity contribution in [2.45, 2.75) is 24.5 Å². The monoisotopic (exact) mass is 312 g/mol. The van der Waals surface area contributed by atoms with Crippen LogP contribution in [0.15, 0.2) is 21.7 Å². The Hall–Kier alpha value is -1.36. The van der Waals surface area contributed by atoms with Gasteiger partial charge in [0.15, 0.2) is 0 Å². The van der Waals surface area contributed by atoms with Gasteiger partial charge in [-0.3, -0.25) is 4.72 Å². The third kappa shape index (κ3) is 2.66. The number of sulfonamides is 1. The molecule has 19 heavy (non-hydrogen) atoms. The van der Waals surface area contributed by atoms with E-state index >= 15 is 0 Å². The van der Waals surface area contributed by atoms with Crippen LogP contribution in [-0.2, 0) is 16.4 Å². The van der Waals surface area contributed by atoms with Crippen molar-refractivity contribution in [1.82, 2.24) is 0 Å². The second kappa shape index (κ2) is 5.33. The molecule has 0 aliphatic heterocycles. The Labute approximate surface area is 120 Å². The van der Waals surface area contributed by atoms with Gasteiger partial charge in [-0.2, -0.15) is 5.26 Å². The van der Waals surface area contributed by atoms with Crippen LogP contribution in [-0.4, -0.2) is 8.42 Å². The largest absolute Gasteiger partial charge is 0.272 e. The number of hydrogen-bond acceptors (Lipinski definition) is 5. The summed E-state index contributed by atoms with van der Waals surface area (Å²) in [5.41, 5.74) is 1.35. The van der Waals surface area contributed by atoms with E-state index in [1.54, 1.807) is 17.5 Å². The van der Waals surface area contributed by atoms with E-state index < -0.39 is 10.0 Å². The van der Waals surface area contributed by atoms with E-state index in [1.165, 1.54) is 11.3 Å². The molecule has 0 aliphatic carbocycles. The molecule has 7 heteroatoms. The lowest BCUT2D eigenvalue weighted by Gasteiger charge is -2.04. The van der Waals surface area contributed by atoms with Gasteiger partial charge in [-0.1, -0.05) is 13.0 Å². The molecule has 0 amide bonds. The molecule has 2 heterocycles. The van der Waals surface area contributed by atoms with Gasteiger partial charge in [0.1, 0.15) is 15.3 Å². The van der Waals surface area contributed by atoms with Gasteiger partial charge >= 0.3 is 0 Å². The Morgan fingerprint density at radius 3 is 2.74 bits per heavy atom. The first kappa shape index (κ1) is 14.1. The number of nitrogens with one attached hydrogen (secondary N) is 1. The topological polar surface area (TPSA) is 70.0 Å². The fraction of sp³-hybridized carbons (Fsp3) is 0.250. The molecule has 0 atom stereocenters. The zero-order valence-corrected chi connectivity index (χ0v) is 12.9. The molecule has 0 radical (unpaired) electrons. The molecular weight excluding hydrogens is 300 g/mol. The third-order valence-corrected chi connectivity index (χ3v) is 6.60. The summed E-state index contributed by atoms with van der Waals surface area (Å²) in [6.07, 6.45) is 0.714. The van der Waals surface area contributed by atoms with E-state index in [4.69, 9.17) is 0 Å². The summed E-state index contributed by atoms with van der Waals surface area (Å²) in [6.45, 7) is 3.85. The van der Waals surface area contributed by atoms with Gasteiger partial charge in [0.25, 0.3) is 10.0 Å². The number of hydrogen-bond donors (Lipinski definition) is 1. The highest BCUT2D eigenvalue weighted by molar-refractivity contribution is 7.94. The van der Waals surface area contributed by atoms with Crippen LogP contribution in [0.4, 0.5) is 5.00 Å².